The van der Waals surface area contributed by atoms with Gasteiger partial charge >= 0.3 is 0 Å². The van der Waals surface area contributed by atoms with Crippen LogP contribution < -0.4 is 4.90 Å². The van der Waals surface area contributed by atoms with Crippen molar-refractivity contribution in [1.29, 1.82) is 0 Å². The van der Waals surface area contributed by atoms with E-state index in [1.807, 2.05) is 24.6 Å². The largest absolute Gasteiger partial charge is 0.508 e. The number of anilines is 1. The Morgan fingerprint density at radius 2 is 2.00 bits per heavy atom. The fraction of sp³-hybridized carbons (Fsp3) is 0.250. The molecular weight excluding hydrogens is 282 g/mol. The summed E-state index contributed by atoms with van der Waals surface area (Å²) in [6, 6.07) is 7.39. The second-order valence-electron chi connectivity index (χ2n) is 4.89. The van der Waals surface area contributed by atoms with Crippen molar-refractivity contribution in [3.8, 4) is 5.75 Å². The summed E-state index contributed by atoms with van der Waals surface area (Å²) in [6.45, 7) is 1.77. The molecule has 4 nitrogen and oxygen atoms in total. The summed E-state index contributed by atoms with van der Waals surface area (Å²) in [5.41, 5.74) is 2.50. The first kappa shape index (κ1) is 13.9. The molecule has 1 aromatic carbocycles. The van der Waals surface area contributed by atoms with E-state index in [1.54, 1.807) is 30.1 Å². The first-order valence-corrected chi connectivity index (χ1v) is 8.08. The van der Waals surface area contributed by atoms with Gasteiger partial charge in [-0.25, -0.2) is 4.98 Å². The average molecular weight is 299 g/mol. The van der Waals surface area contributed by atoms with E-state index >= 15 is 0 Å². The second kappa shape index (κ2) is 6.18. The molecule has 21 heavy (non-hydrogen) atoms. The van der Waals surface area contributed by atoms with Crippen molar-refractivity contribution < 1.29 is 5.11 Å². The minimum absolute atomic E-state index is 0.306. The van der Waals surface area contributed by atoms with E-state index in [0.717, 1.165) is 30.4 Å². The Labute approximate surface area is 128 Å². The normalized spacial score (nSPS) is 14.9. The fourth-order valence-electron chi connectivity index (χ4n) is 2.40. The van der Waals surface area contributed by atoms with Gasteiger partial charge in [0.2, 0.25) is 0 Å². The van der Waals surface area contributed by atoms with E-state index in [2.05, 4.69) is 20.9 Å². The van der Waals surface area contributed by atoms with Gasteiger partial charge in [0.1, 0.15) is 16.6 Å². The third kappa shape index (κ3) is 3.19. The van der Waals surface area contributed by atoms with Crippen LogP contribution in [0.4, 0.5) is 5.82 Å². The molecule has 1 aliphatic rings. The maximum Gasteiger partial charge on any atom is 0.148 e. The number of nitrogens with zero attached hydrogens (tertiary/aromatic N) is 3. The summed E-state index contributed by atoms with van der Waals surface area (Å²) < 4.78 is 0. The van der Waals surface area contributed by atoms with Crippen LogP contribution in [-0.2, 0) is 0 Å². The van der Waals surface area contributed by atoms with Gasteiger partial charge in [0.05, 0.1) is 12.4 Å². The topological polar surface area (TPSA) is 49.2 Å². The number of phenols is 1. The zero-order valence-electron chi connectivity index (χ0n) is 11.9. The van der Waals surface area contributed by atoms with Crippen LogP contribution in [0.5, 0.6) is 5.75 Å². The molecule has 5 heteroatoms. The average Bonchev–Trinajstić information content (AvgIpc) is 2.56. The van der Waals surface area contributed by atoms with Crippen molar-refractivity contribution >= 4 is 23.2 Å². The lowest BCUT2D eigenvalue weighted by molar-refractivity contribution is 0.475. The molecule has 108 valence electrons. The van der Waals surface area contributed by atoms with Crippen molar-refractivity contribution in [1.82, 2.24) is 9.97 Å². The van der Waals surface area contributed by atoms with Crippen LogP contribution in [0.1, 0.15) is 12.0 Å². The first-order valence-electron chi connectivity index (χ1n) is 6.85. The summed E-state index contributed by atoms with van der Waals surface area (Å²) >= 11 is 1.61. The third-order valence-corrected chi connectivity index (χ3v) is 4.20. The van der Waals surface area contributed by atoms with Crippen LogP contribution in [0.15, 0.2) is 47.8 Å². The Morgan fingerprint density at radius 3 is 2.67 bits per heavy atom. The smallest absolute Gasteiger partial charge is 0.148 e. The number of rotatable bonds is 3. The molecule has 0 atom stereocenters. The highest BCUT2D eigenvalue weighted by molar-refractivity contribution is 7.98. The molecule has 2 heterocycles. The zero-order valence-corrected chi connectivity index (χ0v) is 12.7. The van der Waals surface area contributed by atoms with Crippen LogP contribution in [-0.4, -0.2) is 34.4 Å². The van der Waals surface area contributed by atoms with E-state index in [4.69, 9.17) is 0 Å². The number of thioether (sulfide) groups is 1. The SMILES string of the molecule is CSc1cncc(N2CC=C(c3ccc(O)cc3)CC2)n1. The lowest BCUT2D eigenvalue weighted by Gasteiger charge is -2.27. The molecule has 3 rings (SSSR count). The molecule has 0 aliphatic carbocycles. The van der Waals surface area contributed by atoms with Gasteiger partial charge in [-0.15, -0.1) is 11.8 Å². The molecule has 0 saturated carbocycles. The lowest BCUT2D eigenvalue weighted by Crippen LogP contribution is -2.29. The van der Waals surface area contributed by atoms with Crippen molar-refractivity contribution in [2.75, 3.05) is 24.2 Å². The Kier molecular flexibility index (Phi) is 4.10. The van der Waals surface area contributed by atoms with Crippen molar-refractivity contribution in [3.05, 3.63) is 48.3 Å². The molecule has 2 aromatic rings. The van der Waals surface area contributed by atoms with Crippen molar-refractivity contribution in [3.63, 3.8) is 0 Å². The van der Waals surface area contributed by atoms with Gasteiger partial charge in [0, 0.05) is 13.1 Å². The molecule has 1 aliphatic heterocycles. The van der Waals surface area contributed by atoms with Crippen LogP contribution in [0.2, 0.25) is 0 Å². The van der Waals surface area contributed by atoms with Crippen LogP contribution in [0.3, 0.4) is 0 Å². The number of phenolic OH excluding ortho intramolecular Hbond substituents is 1. The predicted octanol–water partition coefficient (Wildman–Crippen LogP) is 3.20. The summed E-state index contributed by atoms with van der Waals surface area (Å²) in [6.07, 6.45) is 8.81. The highest BCUT2D eigenvalue weighted by Crippen LogP contribution is 2.26. The Hall–Kier alpha value is -2.01. The molecule has 0 amide bonds. The number of benzene rings is 1. The van der Waals surface area contributed by atoms with E-state index in [1.165, 1.54) is 11.1 Å². The molecule has 0 unspecified atom stereocenters. The van der Waals surface area contributed by atoms with Gasteiger partial charge in [-0.3, -0.25) is 4.98 Å². The van der Waals surface area contributed by atoms with Gasteiger partial charge in [0.15, 0.2) is 0 Å². The maximum atomic E-state index is 9.35. The van der Waals surface area contributed by atoms with E-state index in [9.17, 15) is 5.11 Å². The monoisotopic (exact) mass is 299 g/mol. The Morgan fingerprint density at radius 1 is 1.19 bits per heavy atom. The van der Waals surface area contributed by atoms with Crippen LogP contribution in [0, 0.1) is 0 Å². The molecular formula is C16H17N3OS. The lowest BCUT2D eigenvalue weighted by atomic mass is 9.99. The molecule has 0 fully saturated rings. The Bertz CT molecular complexity index is 655. The standard InChI is InChI=1S/C16H17N3OS/c1-21-16-11-17-10-15(18-16)19-8-6-13(7-9-19)12-2-4-14(20)5-3-12/h2-6,10-11,20H,7-9H2,1H3. The molecule has 0 saturated heterocycles. The minimum atomic E-state index is 0.306. The molecule has 1 N–H and O–H groups in total. The van der Waals surface area contributed by atoms with Gasteiger partial charge in [-0.05, 0) is 35.9 Å². The molecule has 0 spiro atoms. The van der Waals surface area contributed by atoms with Gasteiger partial charge in [-0.1, -0.05) is 18.2 Å². The van der Waals surface area contributed by atoms with E-state index in [0.29, 0.717) is 5.75 Å². The summed E-state index contributed by atoms with van der Waals surface area (Å²) in [5.74, 6) is 1.24. The quantitative estimate of drug-likeness (QED) is 0.882. The summed E-state index contributed by atoms with van der Waals surface area (Å²) in [5, 5.41) is 10.3. The van der Waals surface area contributed by atoms with E-state index < -0.39 is 0 Å². The summed E-state index contributed by atoms with van der Waals surface area (Å²) in [7, 11) is 0. The van der Waals surface area contributed by atoms with E-state index in [-0.39, 0.29) is 0 Å². The fourth-order valence-corrected chi connectivity index (χ4v) is 2.76. The highest BCUT2D eigenvalue weighted by Gasteiger charge is 2.15. The Balaban J connectivity index is 1.75. The first-order chi connectivity index (χ1) is 10.3. The number of hydrogen-bond donors (Lipinski definition) is 1. The number of aromatic nitrogens is 2. The van der Waals surface area contributed by atoms with Gasteiger partial charge in [-0.2, -0.15) is 0 Å². The van der Waals surface area contributed by atoms with Crippen LogP contribution >= 0.6 is 11.8 Å². The maximum absolute atomic E-state index is 9.35. The van der Waals surface area contributed by atoms with Crippen LogP contribution in [0.25, 0.3) is 5.57 Å². The van der Waals surface area contributed by atoms with Crippen molar-refractivity contribution in [2.24, 2.45) is 0 Å². The number of aromatic hydroxyl groups is 1. The van der Waals surface area contributed by atoms with Gasteiger partial charge < -0.3 is 10.0 Å². The summed E-state index contributed by atoms with van der Waals surface area (Å²) in [4.78, 5) is 11.1. The highest BCUT2D eigenvalue weighted by atomic mass is 32.2. The number of hydrogen-bond acceptors (Lipinski definition) is 5. The van der Waals surface area contributed by atoms with Gasteiger partial charge in [0.25, 0.3) is 0 Å². The molecule has 1 aromatic heterocycles. The minimum Gasteiger partial charge on any atom is -0.508 e. The van der Waals surface area contributed by atoms with Crippen molar-refractivity contribution in [2.45, 2.75) is 11.4 Å². The predicted molar refractivity (Wildman–Crippen MR) is 86.7 cm³/mol. The zero-order chi connectivity index (χ0) is 14.7. The second-order valence-corrected chi connectivity index (χ2v) is 5.72. The third-order valence-electron chi connectivity index (χ3n) is 3.58. The molecule has 0 radical (unpaired) electrons. The molecule has 0 bridgehead atoms.